The minimum absolute atomic E-state index is 0.213. The molecule has 0 heterocycles. The van der Waals surface area contributed by atoms with E-state index >= 15 is 0 Å². The molecule has 2 aliphatic carbocycles. The van der Waals surface area contributed by atoms with Gasteiger partial charge in [0.15, 0.2) is 0 Å². The summed E-state index contributed by atoms with van der Waals surface area (Å²) in [6.07, 6.45) is 23.1. The van der Waals surface area contributed by atoms with Crippen LogP contribution in [0.4, 0.5) is 4.39 Å². The van der Waals surface area contributed by atoms with Gasteiger partial charge >= 0.3 is 0 Å². The van der Waals surface area contributed by atoms with E-state index in [0.717, 1.165) is 30.1 Å². The van der Waals surface area contributed by atoms with E-state index in [1.807, 2.05) is 6.08 Å². The molecule has 0 atom stereocenters. The van der Waals surface area contributed by atoms with E-state index in [1.54, 1.807) is 0 Å². The Bertz CT molecular complexity index is 571. The molecule has 2 fully saturated rings. The molecule has 0 spiro atoms. The molecule has 0 N–H and O–H groups in total. The van der Waals surface area contributed by atoms with Gasteiger partial charge in [-0.05, 0) is 93.9 Å². The summed E-state index contributed by atoms with van der Waals surface area (Å²) in [5.74, 6) is 3.98. The molecule has 2 saturated carbocycles. The third kappa shape index (κ3) is 7.91. The van der Waals surface area contributed by atoms with Crippen molar-refractivity contribution >= 4 is 0 Å². The maximum absolute atomic E-state index is 12.1. The molecule has 0 aliphatic heterocycles. The smallest absolute Gasteiger partial charge is 0.0928 e. The fourth-order valence-corrected chi connectivity index (χ4v) is 5.85. The van der Waals surface area contributed by atoms with Crippen LogP contribution in [0, 0.1) is 30.6 Å². The number of hydrogen-bond donors (Lipinski definition) is 0. The van der Waals surface area contributed by atoms with E-state index in [9.17, 15) is 4.39 Å². The van der Waals surface area contributed by atoms with Crippen LogP contribution >= 0.6 is 0 Å². The van der Waals surface area contributed by atoms with Crippen LogP contribution in [0.25, 0.3) is 0 Å². The molecule has 0 radical (unpaired) electrons. The van der Waals surface area contributed by atoms with Crippen molar-refractivity contribution in [2.45, 2.75) is 96.8 Å². The van der Waals surface area contributed by atoms with Gasteiger partial charge in [0.05, 0.1) is 6.67 Å². The predicted molar refractivity (Wildman–Crippen MR) is 124 cm³/mol. The van der Waals surface area contributed by atoms with E-state index in [1.165, 1.54) is 88.2 Å². The highest BCUT2D eigenvalue weighted by Crippen LogP contribution is 2.43. The fraction of sp³-hybridized carbons (Fsp3) is 0.714. The van der Waals surface area contributed by atoms with E-state index in [0.29, 0.717) is 6.42 Å². The molecule has 1 aromatic rings. The average molecular weight is 399 g/mol. The van der Waals surface area contributed by atoms with Crippen LogP contribution < -0.4 is 0 Å². The third-order valence-electron chi connectivity index (χ3n) is 7.84. The molecule has 0 bridgehead atoms. The summed E-state index contributed by atoms with van der Waals surface area (Å²) in [6.45, 7) is 1.96. The van der Waals surface area contributed by atoms with Crippen molar-refractivity contribution in [3.05, 3.63) is 47.5 Å². The van der Waals surface area contributed by atoms with E-state index in [4.69, 9.17) is 0 Å². The highest BCUT2D eigenvalue weighted by molar-refractivity contribution is 5.21. The van der Waals surface area contributed by atoms with Crippen molar-refractivity contribution < 1.29 is 4.39 Å². The highest BCUT2D eigenvalue weighted by atomic mass is 19.1. The first-order valence-electron chi connectivity index (χ1n) is 12.5. The van der Waals surface area contributed by atoms with Crippen molar-refractivity contribution in [3.8, 4) is 0 Å². The molecule has 29 heavy (non-hydrogen) atoms. The minimum Gasteiger partial charge on any atom is -0.251 e. The second-order valence-corrected chi connectivity index (χ2v) is 9.97. The molecule has 0 unspecified atom stereocenters. The van der Waals surface area contributed by atoms with E-state index in [-0.39, 0.29) is 6.67 Å². The van der Waals surface area contributed by atoms with Gasteiger partial charge in [-0.3, -0.25) is 4.39 Å². The van der Waals surface area contributed by atoms with Gasteiger partial charge in [-0.15, -0.1) is 0 Å². The number of allylic oxidation sites excluding steroid dienone is 2. The molecule has 0 aromatic heterocycles. The monoisotopic (exact) mass is 398 g/mol. The number of hydrogen-bond acceptors (Lipinski definition) is 0. The molecule has 0 nitrogen and oxygen atoms in total. The molecule has 2 aliphatic rings. The highest BCUT2D eigenvalue weighted by Gasteiger charge is 2.30. The number of benzene rings is 1. The Labute approximate surface area is 179 Å². The van der Waals surface area contributed by atoms with Crippen LogP contribution in [0.1, 0.15) is 94.6 Å². The Morgan fingerprint density at radius 2 is 1.31 bits per heavy atom. The molecule has 162 valence electrons. The Morgan fingerprint density at radius 1 is 0.759 bits per heavy atom. The zero-order chi connectivity index (χ0) is 20.3. The number of rotatable bonds is 10. The van der Waals surface area contributed by atoms with Gasteiger partial charge < -0.3 is 0 Å². The summed E-state index contributed by atoms with van der Waals surface area (Å²) >= 11 is 0. The number of alkyl halides is 1. The van der Waals surface area contributed by atoms with Gasteiger partial charge in [0.1, 0.15) is 0 Å². The first-order chi connectivity index (χ1) is 14.2. The topological polar surface area (TPSA) is 0 Å². The number of aryl methyl sites for hydroxylation is 2. The molecule has 0 saturated heterocycles. The van der Waals surface area contributed by atoms with Gasteiger partial charge in [-0.2, -0.15) is 0 Å². The summed E-state index contributed by atoms with van der Waals surface area (Å²) in [7, 11) is 0. The lowest BCUT2D eigenvalue weighted by molar-refractivity contribution is 0.141. The zero-order valence-corrected chi connectivity index (χ0v) is 18.8. The van der Waals surface area contributed by atoms with Crippen molar-refractivity contribution in [2.75, 3.05) is 6.67 Å². The molecule has 3 rings (SSSR count). The number of unbranched alkanes of at least 4 members (excludes halogenated alkanes) is 1. The van der Waals surface area contributed by atoms with Crippen LogP contribution in [0.3, 0.4) is 0 Å². The van der Waals surface area contributed by atoms with Gasteiger partial charge in [0.2, 0.25) is 0 Å². The minimum atomic E-state index is -0.213. The fourth-order valence-electron chi connectivity index (χ4n) is 5.85. The molecule has 0 amide bonds. The van der Waals surface area contributed by atoms with Crippen LogP contribution in [0.2, 0.25) is 0 Å². The summed E-state index contributed by atoms with van der Waals surface area (Å²) in [4.78, 5) is 0. The Hall–Kier alpha value is -1.11. The lowest BCUT2D eigenvalue weighted by Crippen LogP contribution is -2.26. The molecule has 1 heteroatoms. The SMILES string of the molecule is Cc1ccc(CCC2CCC(C3CCC(CCCC=CCCF)CC3)CC2)cc1. The lowest BCUT2D eigenvalue weighted by atomic mass is 9.68. The largest absolute Gasteiger partial charge is 0.251 e. The van der Waals surface area contributed by atoms with Gasteiger partial charge in [-0.25, -0.2) is 0 Å². The summed E-state index contributed by atoms with van der Waals surface area (Å²) in [6, 6.07) is 9.15. The summed E-state index contributed by atoms with van der Waals surface area (Å²) in [5.41, 5.74) is 2.89. The molecular formula is C28H43F. The summed E-state index contributed by atoms with van der Waals surface area (Å²) in [5, 5.41) is 0. The van der Waals surface area contributed by atoms with Crippen LogP contribution in [0.5, 0.6) is 0 Å². The van der Waals surface area contributed by atoms with Crippen LogP contribution in [-0.2, 0) is 6.42 Å². The van der Waals surface area contributed by atoms with Gasteiger partial charge in [0.25, 0.3) is 0 Å². The van der Waals surface area contributed by atoms with Gasteiger partial charge in [-0.1, -0.05) is 74.1 Å². The first-order valence-corrected chi connectivity index (χ1v) is 12.5. The maximum atomic E-state index is 12.1. The van der Waals surface area contributed by atoms with E-state index < -0.39 is 0 Å². The normalized spacial score (nSPS) is 28.1. The lowest BCUT2D eigenvalue weighted by Gasteiger charge is -2.38. The second-order valence-electron chi connectivity index (χ2n) is 9.97. The second kappa shape index (κ2) is 12.6. The zero-order valence-electron chi connectivity index (χ0n) is 18.8. The quantitative estimate of drug-likeness (QED) is 0.273. The van der Waals surface area contributed by atoms with Crippen molar-refractivity contribution in [3.63, 3.8) is 0 Å². The maximum Gasteiger partial charge on any atom is 0.0928 e. The predicted octanol–water partition coefficient (Wildman–Crippen LogP) is 8.63. The average Bonchev–Trinajstić information content (AvgIpc) is 2.77. The van der Waals surface area contributed by atoms with E-state index in [2.05, 4.69) is 37.3 Å². The third-order valence-corrected chi connectivity index (χ3v) is 7.84. The summed E-state index contributed by atoms with van der Waals surface area (Å²) < 4.78 is 12.1. The Kier molecular flexibility index (Phi) is 9.77. The molecule has 1 aromatic carbocycles. The van der Waals surface area contributed by atoms with Gasteiger partial charge in [0, 0.05) is 0 Å². The van der Waals surface area contributed by atoms with Crippen molar-refractivity contribution in [1.82, 2.24) is 0 Å². The Balaban J connectivity index is 1.27. The van der Waals surface area contributed by atoms with Crippen molar-refractivity contribution in [2.24, 2.45) is 23.7 Å². The Morgan fingerprint density at radius 3 is 1.90 bits per heavy atom. The van der Waals surface area contributed by atoms with Crippen molar-refractivity contribution in [1.29, 1.82) is 0 Å². The first kappa shape index (κ1) is 22.6. The van der Waals surface area contributed by atoms with Crippen LogP contribution in [0.15, 0.2) is 36.4 Å². The van der Waals surface area contributed by atoms with Crippen LogP contribution in [-0.4, -0.2) is 6.67 Å². The number of halogens is 1. The standard InChI is InChI=1S/C28H43F/c1-23-8-10-25(11-9-23)12-13-26-16-20-28(21-17-26)27-18-14-24(15-19-27)7-5-3-2-4-6-22-29/h2,4,8-11,24,26-28H,3,5-7,12-22H2,1H3. The molecular weight excluding hydrogens is 355 g/mol.